The summed E-state index contributed by atoms with van der Waals surface area (Å²) in [7, 11) is 0. The molecule has 3 nitrogen and oxygen atoms in total. The van der Waals surface area contributed by atoms with Crippen LogP contribution in [-0.4, -0.2) is 16.8 Å². The Morgan fingerprint density at radius 1 is 1.56 bits per heavy atom. The third-order valence-electron chi connectivity index (χ3n) is 2.20. The summed E-state index contributed by atoms with van der Waals surface area (Å²) in [6.45, 7) is 2.45. The first-order valence-corrected chi connectivity index (χ1v) is 6.87. The number of hydrogen-bond acceptors (Lipinski definition) is 4. The molecule has 1 heterocycles. The van der Waals surface area contributed by atoms with Crippen molar-refractivity contribution in [1.29, 1.82) is 0 Å². The van der Waals surface area contributed by atoms with Crippen molar-refractivity contribution in [3.05, 3.63) is 33.7 Å². The lowest BCUT2D eigenvalue weighted by atomic mass is 10.2. The number of benzene rings is 1. The van der Waals surface area contributed by atoms with Crippen molar-refractivity contribution in [2.45, 2.75) is 6.92 Å². The van der Waals surface area contributed by atoms with Crippen molar-refractivity contribution in [2.75, 3.05) is 6.61 Å². The van der Waals surface area contributed by atoms with Crippen LogP contribution in [0.25, 0.3) is 6.08 Å². The van der Waals surface area contributed by atoms with Crippen LogP contribution in [0.5, 0.6) is 5.75 Å². The van der Waals surface area contributed by atoms with E-state index in [0.717, 1.165) is 5.56 Å². The number of hydrogen-bond donors (Lipinski definition) is 1. The maximum absolute atomic E-state index is 11.6. The molecule has 1 aliphatic rings. The molecule has 1 N–H and O–H groups in total. The fourth-order valence-electron chi connectivity index (χ4n) is 1.48. The van der Waals surface area contributed by atoms with Gasteiger partial charge in [0.05, 0.1) is 11.5 Å². The molecule has 2 rings (SSSR count). The second kappa shape index (κ2) is 5.73. The summed E-state index contributed by atoms with van der Waals surface area (Å²) >= 11 is 12.1. The van der Waals surface area contributed by atoms with Crippen LogP contribution in [0.3, 0.4) is 0 Å². The average molecular weight is 300 g/mol. The highest BCUT2D eigenvalue weighted by molar-refractivity contribution is 8.26. The zero-order chi connectivity index (χ0) is 13.1. The minimum atomic E-state index is -0.188. The predicted molar refractivity (Wildman–Crippen MR) is 78.9 cm³/mol. The van der Waals surface area contributed by atoms with Crippen molar-refractivity contribution in [3.8, 4) is 5.75 Å². The summed E-state index contributed by atoms with van der Waals surface area (Å²) in [5.74, 6) is 0.507. The molecular weight excluding hydrogens is 290 g/mol. The standard InChI is InChI=1S/C12H10ClNO2S2/c1-2-16-9-4-3-8(13)5-7(9)6-10-11(15)14-12(17)18-10/h3-6H,2H2,1H3,(H,14,15,17)/b10-6+. The highest BCUT2D eigenvalue weighted by atomic mass is 35.5. The third kappa shape index (κ3) is 3.04. The molecule has 0 aromatic heterocycles. The van der Waals surface area contributed by atoms with Gasteiger partial charge in [0.15, 0.2) is 0 Å². The average Bonchev–Trinajstić information content (AvgIpc) is 2.61. The van der Waals surface area contributed by atoms with Gasteiger partial charge in [0, 0.05) is 10.6 Å². The SMILES string of the molecule is CCOc1ccc(Cl)cc1/C=C1/SC(=S)NC1=O. The molecule has 0 aliphatic carbocycles. The van der Waals surface area contributed by atoms with Crippen LogP contribution in [0.4, 0.5) is 0 Å². The molecule has 1 aromatic carbocycles. The van der Waals surface area contributed by atoms with E-state index in [2.05, 4.69) is 5.32 Å². The van der Waals surface area contributed by atoms with Gasteiger partial charge >= 0.3 is 0 Å². The van der Waals surface area contributed by atoms with Gasteiger partial charge < -0.3 is 10.1 Å². The van der Waals surface area contributed by atoms with E-state index >= 15 is 0 Å². The highest BCUT2D eigenvalue weighted by Gasteiger charge is 2.22. The van der Waals surface area contributed by atoms with Crippen LogP contribution in [0, 0.1) is 0 Å². The summed E-state index contributed by atoms with van der Waals surface area (Å²) in [6.07, 6.45) is 1.73. The molecule has 1 amide bonds. The number of rotatable bonds is 3. The number of halogens is 1. The van der Waals surface area contributed by atoms with Crippen LogP contribution < -0.4 is 10.1 Å². The molecule has 0 unspecified atom stereocenters. The normalized spacial score (nSPS) is 17.1. The van der Waals surface area contributed by atoms with Gasteiger partial charge in [-0.15, -0.1) is 0 Å². The van der Waals surface area contributed by atoms with Crippen LogP contribution in [0.1, 0.15) is 12.5 Å². The van der Waals surface area contributed by atoms with Crippen molar-refractivity contribution < 1.29 is 9.53 Å². The van der Waals surface area contributed by atoms with Crippen LogP contribution in [-0.2, 0) is 4.79 Å². The van der Waals surface area contributed by atoms with E-state index in [1.807, 2.05) is 6.92 Å². The Morgan fingerprint density at radius 3 is 2.94 bits per heavy atom. The first kappa shape index (κ1) is 13.4. The van der Waals surface area contributed by atoms with E-state index in [9.17, 15) is 4.79 Å². The summed E-state index contributed by atoms with van der Waals surface area (Å²) in [5.41, 5.74) is 0.770. The summed E-state index contributed by atoms with van der Waals surface area (Å²) in [5, 5.41) is 3.16. The van der Waals surface area contributed by atoms with Crippen LogP contribution in [0.15, 0.2) is 23.1 Å². The molecule has 0 saturated carbocycles. The highest BCUT2D eigenvalue weighted by Crippen LogP contribution is 2.30. The molecule has 6 heteroatoms. The number of thiocarbonyl (C=S) groups is 1. The first-order valence-electron chi connectivity index (χ1n) is 5.27. The second-order valence-electron chi connectivity index (χ2n) is 3.47. The number of amides is 1. The van der Waals surface area contributed by atoms with Crippen LogP contribution in [0.2, 0.25) is 5.02 Å². The summed E-state index contributed by atoms with van der Waals surface area (Å²) < 4.78 is 5.95. The monoisotopic (exact) mass is 299 g/mol. The minimum absolute atomic E-state index is 0.188. The van der Waals surface area contributed by atoms with Gasteiger partial charge in [0.2, 0.25) is 0 Å². The third-order valence-corrected chi connectivity index (χ3v) is 3.60. The van der Waals surface area contributed by atoms with Gasteiger partial charge in [-0.3, -0.25) is 4.79 Å². The van der Waals surface area contributed by atoms with Gasteiger partial charge in [-0.05, 0) is 31.2 Å². The zero-order valence-electron chi connectivity index (χ0n) is 9.53. The molecule has 94 valence electrons. The Kier molecular flexibility index (Phi) is 4.27. The lowest BCUT2D eigenvalue weighted by molar-refractivity contribution is -0.115. The number of thioether (sulfide) groups is 1. The zero-order valence-corrected chi connectivity index (χ0v) is 11.9. The van der Waals surface area contributed by atoms with Crippen molar-refractivity contribution in [3.63, 3.8) is 0 Å². The maximum Gasteiger partial charge on any atom is 0.263 e. The van der Waals surface area contributed by atoms with Crippen LogP contribution >= 0.6 is 35.6 Å². The van der Waals surface area contributed by atoms with E-state index in [4.69, 9.17) is 28.6 Å². The molecule has 1 aliphatic heterocycles. The van der Waals surface area contributed by atoms with Crippen molar-refractivity contribution in [1.82, 2.24) is 5.32 Å². The Balaban J connectivity index is 2.38. The lowest BCUT2D eigenvalue weighted by Crippen LogP contribution is -2.17. The second-order valence-corrected chi connectivity index (χ2v) is 5.62. The molecule has 0 bridgehead atoms. The van der Waals surface area contributed by atoms with Gasteiger partial charge in [-0.25, -0.2) is 0 Å². The van der Waals surface area contributed by atoms with Gasteiger partial charge in [-0.1, -0.05) is 35.6 Å². The molecule has 18 heavy (non-hydrogen) atoms. The topological polar surface area (TPSA) is 38.3 Å². The minimum Gasteiger partial charge on any atom is -0.493 e. The largest absolute Gasteiger partial charge is 0.493 e. The Labute approximate surface area is 120 Å². The summed E-state index contributed by atoms with van der Waals surface area (Å²) in [4.78, 5) is 12.1. The summed E-state index contributed by atoms with van der Waals surface area (Å²) in [6, 6.07) is 5.30. The Hall–Kier alpha value is -1.04. The Morgan fingerprint density at radius 2 is 2.33 bits per heavy atom. The molecule has 1 aromatic rings. The van der Waals surface area contributed by atoms with E-state index in [1.165, 1.54) is 11.8 Å². The van der Waals surface area contributed by atoms with Crippen molar-refractivity contribution >= 4 is 51.9 Å². The molecule has 0 atom stereocenters. The molecule has 1 fully saturated rings. The molecular formula is C12H10ClNO2S2. The van der Waals surface area contributed by atoms with Gasteiger partial charge in [0.1, 0.15) is 10.1 Å². The fraction of sp³-hybridized carbons (Fsp3) is 0.167. The quantitative estimate of drug-likeness (QED) is 0.687. The molecule has 1 saturated heterocycles. The lowest BCUT2D eigenvalue weighted by Gasteiger charge is -2.07. The van der Waals surface area contributed by atoms with Crippen molar-refractivity contribution in [2.24, 2.45) is 0 Å². The van der Waals surface area contributed by atoms with E-state index < -0.39 is 0 Å². The maximum atomic E-state index is 11.6. The number of carbonyl (C=O) groups is 1. The molecule has 0 radical (unpaired) electrons. The number of carbonyl (C=O) groups excluding carboxylic acids is 1. The molecule has 0 spiro atoms. The van der Waals surface area contributed by atoms with E-state index in [0.29, 0.717) is 26.6 Å². The predicted octanol–water partition coefficient (Wildman–Crippen LogP) is 3.23. The smallest absolute Gasteiger partial charge is 0.263 e. The van der Waals surface area contributed by atoms with Gasteiger partial charge in [0.25, 0.3) is 5.91 Å². The van der Waals surface area contributed by atoms with Gasteiger partial charge in [-0.2, -0.15) is 0 Å². The fourth-order valence-corrected chi connectivity index (χ4v) is 2.70. The number of ether oxygens (including phenoxy) is 1. The number of nitrogens with one attached hydrogen (secondary N) is 1. The first-order chi connectivity index (χ1) is 8.60. The van der Waals surface area contributed by atoms with E-state index in [-0.39, 0.29) is 5.91 Å². The van der Waals surface area contributed by atoms with E-state index in [1.54, 1.807) is 24.3 Å². The Bertz CT molecular complexity index is 543.